The first-order valence-corrected chi connectivity index (χ1v) is 7.02. The molecule has 6 nitrogen and oxygen atoms in total. The number of aromatic nitrogens is 2. The van der Waals surface area contributed by atoms with Crippen LogP contribution in [-0.2, 0) is 0 Å². The summed E-state index contributed by atoms with van der Waals surface area (Å²) < 4.78 is 0. The number of likely N-dealkylation sites (tertiary alicyclic amines) is 1. The SMILES string of the molecule is CCCN1CCC(Nc2cc(NC)nc(N)n2)CC1. The van der Waals surface area contributed by atoms with Gasteiger partial charge in [-0.15, -0.1) is 0 Å². The molecule has 1 aromatic rings. The van der Waals surface area contributed by atoms with Crippen molar-refractivity contribution in [1.29, 1.82) is 0 Å². The van der Waals surface area contributed by atoms with E-state index < -0.39 is 0 Å². The third-order valence-corrected chi connectivity index (χ3v) is 3.48. The number of anilines is 3. The van der Waals surface area contributed by atoms with Gasteiger partial charge in [-0.1, -0.05) is 6.92 Å². The number of nitrogens with zero attached hydrogens (tertiary/aromatic N) is 3. The third kappa shape index (κ3) is 3.96. The molecule has 1 saturated heterocycles. The van der Waals surface area contributed by atoms with Crippen LogP contribution < -0.4 is 16.4 Å². The van der Waals surface area contributed by atoms with E-state index in [1.807, 2.05) is 13.1 Å². The predicted octanol–water partition coefficient (Wildman–Crippen LogP) is 1.39. The highest BCUT2D eigenvalue weighted by atomic mass is 15.2. The fraction of sp³-hybridized carbons (Fsp3) is 0.692. The first kappa shape index (κ1) is 13.9. The van der Waals surface area contributed by atoms with Crippen molar-refractivity contribution in [1.82, 2.24) is 14.9 Å². The van der Waals surface area contributed by atoms with E-state index in [9.17, 15) is 0 Å². The highest BCUT2D eigenvalue weighted by Crippen LogP contribution is 2.18. The summed E-state index contributed by atoms with van der Waals surface area (Å²) in [5.74, 6) is 1.86. The molecule has 1 aliphatic heterocycles. The Kier molecular flexibility index (Phi) is 4.79. The summed E-state index contributed by atoms with van der Waals surface area (Å²) in [5.41, 5.74) is 5.69. The van der Waals surface area contributed by atoms with Gasteiger partial charge in [0.05, 0.1) is 0 Å². The summed E-state index contributed by atoms with van der Waals surface area (Å²) in [6.45, 7) is 5.75. The van der Waals surface area contributed by atoms with Gasteiger partial charge in [-0.25, -0.2) is 0 Å². The Hall–Kier alpha value is -1.56. The molecule has 0 amide bonds. The number of nitrogens with two attached hydrogens (primary N) is 1. The summed E-state index contributed by atoms with van der Waals surface area (Å²) in [5, 5.41) is 6.45. The van der Waals surface area contributed by atoms with Crippen LogP contribution in [0, 0.1) is 0 Å². The molecule has 106 valence electrons. The first-order valence-electron chi connectivity index (χ1n) is 7.02. The second-order valence-electron chi connectivity index (χ2n) is 5.01. The maximum Gasteiger partial charge on any atom is 0.223 e. The van der Waals surface area contributed by atoms with Crippen molar-refractivity contribution < 1.29 is 0 Å². The zero-order valence-corrected chi connectivity index (χ0v) is 11.8. The van der Waals surface area contributed by atoms with Crippen molar-refractivity contribution >= 4 is 17.6 Å². The van der Waals surface area contributed by atoms with Crippen LogP contribution >= 0.6 is 0 Å². The molecule has 2 rings (SSSR count). The van der Waals surface area contributed by atoms with E-state index >= 15 is 0 Å². The summed E-state index contributed by atoms with van der Waals surface area (Å²) in [6.07, 6.45) is 3.53. The minimum Gasteiger partial charge on any atom is -0.373 e. The lowest BCUT2D eigenvalue weighted by atomic mass is 10.0. The molecule has 0 spiro atoms. The highest BCUT2D eigenvalue weighted by molar-refractivity contribution is 5.51. The van der Waals surface area contributed by atoms with E-state index in [0.29, 0.717) is 12.0 Å². The van der Waals surface area contributed by atoms with E-state index in [0.717, 1.165) is 37.6 Å². The van der Waals surface area contributed by atoms with Gasteiger partial charge in [0.1, 0.15) is 11.6 Å². The monoisotopic (exact) mass is 264 g/mol. The van der Waals surface area contributed by atoms with Gasteiger partial charge in [-0.2, -0.15) is 9.97 Å². The average molecular weight is 264 g/mol. The molecular formula is C13H24N6. The molecule has 0 unspecified atom stereocenters. The van der Waals surface area contributed by atoms with E-state index in [-0.39, 0.29) is 0 Å². The van der Waals surface area contributed by atoms with Crippen LogP contribution in [0.2, 0.25) is 0 Å². The molecule has 4 N–H and O–H groups in total. The van der Waals surface area contributed by atoms with Gasteiger partial charge in [0.25, 0.3) is 0 Å². The minimum absolute atomic E-state index is 0.303. The summed E-state index contributed by atoms with van der Waals surface area (Å²) in [7, 11) is 1.83. The second kappa shape index (κ2) is 6.56. The third-order valence-electron chi connectivity index (χ3n) is 3.48. The fourth-order valence-corrected chi connectivity index (χ4v) is 2.49. The predicted molar refractivity (Wildman–Crippen MR) is 79.4 cm³/mol. The van der Waals surface area contributed by atoms with Crippen molar-refractivity contribution in [3.05, 3.63) is 6.07 Å². The molecule has 19 heavy (non-hydrogen) atoms. The molecule has 0 aromatic carbocycles. The van der Waals surface area contributed by atoms with Crippen molar-refractivity contribution in [2.45, 2.75) is 32.2 Å². The molecular weight excluding hydrogens is 240 g/mol. The molecule has 0 radical (unpaired) electrons. The highest BCUT2D eigenvalue weighted by Gasteiger charge is 2.18. The van der Waals surface area contributed by atoms with Crippen LogP contribution in [-0.4, -0.2) is 47.6 Å². The van der Waals surface area contributed by atoms with Crippen LogP contribution in [0.25, 0.3) is 0 Å². The van der Waals surface area contributed by atoms with Crippen molar-refractivity contribution in [2.24, 2.45) is 0 Å². The van der Waals surface area contributed by atoms with Gasteiger partial charge in [-0.3, -0.25) is 0 Å². The van der Waals surface area contributed by atoms with Gasteiger partial charge >= 0.3 is 0 Å². The number of hydrogen-bond acceptors (Lipinski definition) is 6. The topological polar surface area (TPSA) is 79.1 Å². The van der Waals surface area contributed by atoms with E-state index in [4.69, 9.17) is 5.73 Å². The Morgan fingerprint density at radius 1 is 1.32 bits per heavy atom. The van der Waals surface area contributed by atoms with Crippen LogP contribution in [0.1, 0.15) is 26.2 Å². The Balaban J connectivity index is 1.90. The number of nitrogen functional groups attached to an aromatic ring is 1. The van der Waals surface area contributed by atoms with E-state index in [1.54, 1.807) is 0 Å². The second-order valence-corrected chi connectivity index (χ2v) is 5.01. The van der Waals surface area contributed by atoms with Gasteiger partial charge in [0, 0.05) is 32.2 Å². The van der Waals surface area contributed by atoms with Gasteiger partial charge in [0.15, 0.2) is 0 Å². The van der Waals surface area contributed by atoms with E-state index in [2.05, 4.69) is 32.4 Å². The maximum atomic E-state index is 5.69. The number of rotatable bonds is 5. The Bertz CT molecular complexity index is 400. The lowest BCUT2D eigenvalue weighted by Crippen LogP contribution is -2.39. The van der Waals surface area contributed by atoms with Crippen molar-refractivity contribution in [3.63, 3.8) is 0 Å². The Morgan fingerprint density at radius 3 is 2.63 bits per heavy atom. The zero-order valence-electron chi connectivity index (χ0n) is 11.8. The Morgan fingerprint density at radius 2 is 2.00 bits per heavy atom. The molecule has 0 saturated carbocycles. The molecule has 2 heterocycles. The molecule has 0 bridgehead atoms. The number of hydrogen-bond donors (Lipinski definition) is 3. The van der Waals surface area contributed by atoms with Gasteiger partial charge in [-0.05, 0) is 25.8 Å². The van der Waals surface area contributed by atoms with Gasteiger partial charge < -0.3 is 21.3 Å². The van der Waals surface area contributed by atoms with E-state index in [1.165, 1.54) is 13.0 Å². The van der Waals surface area contributed by atoms with Crippen LogP contribution in [0.3, 0.4) is 0 Å². The molecule has 0 aliphatic carbocycles. The van der Waals surface area contributed by atoms with Crippen molar-refractivity contribution in [2.75, 3.05) is 43.0 Å². The van der Waals surface area contributed by atoms with Crippen molar-refractivity contribution in [3.8, 4) is 0 Å². The van der Waals surface area contributed by atoms with Gasteiger partial charge in [0.2, 0.25) is 5.95 Å². The Labute approximate surface area is 114 Å². The zero-order chi connectivity index (χ0) is 13.7. The largest absolute Gasteiger partial charge is 0.373 e. The fourth-order valence-electron chi connectivity index (χ4n) is 2.49. The van der Waals surface area contributed by atoms with Crippen LogP contribution in [0.5, 0.6) is 0 Å². The molecule has 1 aromatic heterocycles. The lowest BCUT2D eigenvalue weighted by molar-refractivity contribution is 0.219. The maximum absolute atomic E-state index is 5.69. The summed E-state index contributed by atoms with van der Waals surface area (Å²) >= 11 is 0. The summed E-state index contributed by atoms with van der Waals surface area (Å²) in [6, 6.07) is 2.38. The molecule has 6 heteroatoms. The lowest BCUT2D eigenvalue weighted by Gasteiger charge is -2.32. The average Bonchev–Trinajstić information content (AvgIpc) is 2.40. The first-order chi connectivity index (χ1) is 9.21. The normalized spacial score (nSPS) is 17.4. The summed E-state index contributed by atoms with van der Waals surface area (Å²) in [4.78, 5) is 10.8. The number of nitrogens with one attached hydrogen (secondary N) is 2. The standard InChI is InChI=1S/C13H24N6/c1-3-6-19-7-4-10(5-8-19)16-12-9-11(15-2)17-13(14)18-12/h9-10H,3-8H2,1-2H3,(H4,14,15,16,17,18). The number of piperidine rings is 1. The molecule has 1 aliphatic rings. The smallest absolute Gasteiger partial charge is 0.223 e. The van der Waals surface area contributed by atoms with Crippen LogP contribution in [0.4, 0.5) is 17.6 Å². The molecule has 0 atom stereocenters. The molecule has 1 fully saturated rings. The minimum atomic E-state index is 0.303. The van der Waals surface area contributed by atoms with Crippen LogP contribution in [0.15, 0.2) is 6.07 Å². The quantitative estimate of drug-likeness (QED) is 0.746.